The number of carbonyl (C=O) groups excluding carboxylic acids is 1. The summed E-state index contributed by atoms with van der Waals surface area (Å²) >= 11 is 0. The molecule has 1 unspecified atom stereocenters. The summed E-state index contributed by atoms with van der Waals surface area (Å²) in [5, 5.41) is 2.66. The molecule has 1 atom stereocenters. The first-order valence-corrected chi connectivity index (χ1v) is 8.65. The lowest BCUT2D eigenvalue weighted by atomic mass is 10.3. The summed E-state index contributed by atoms with van der Waals surface area (Å²) in [4.78, 5) is 11.6. The van der Waals surface area contributed by atoms with E-state index in [0.717, 1.165) is 0 Å². The molecule has 0 aliphatic heterocycles. The third-order valence-corrected chi connectivity index (χ3v) is 3.59. The van der Waals surface area contributed by atoms with E-state index in [1.165, 1.54) is 0 Å². The molecular weight excluding hydrogens is 290 g/mol. The molecule has 118 valence electrons. The molecule has 0 fully saturated rings. The number of hydrogen-bond acceptors (Lipinski definition) is 5. The molecule has 1 amide bonds. The molecule has 0 saturated heterocycles. The zero-order valence-corrected chi connectivity index (χ0v) is 14.2. The Labute approximate surface area is 127 Å². The normalized spacial score (nSPS) is 12.3. The quantitative estimate of drug-likeness (QED) is 0.426. The summed E-state index contributed by atoms with van der Waals surface area (Å²) in [5.74, 6) is 1.01. The van der Waals surface area contributed by atoms with Crippen molar-refractivity contribution in [2.45, 2.75) is 27.1 Å². The van der Waals surface area contributed by atoms with Gasteiger partial charge in [0.2, 0.25) is 0 Å². The van der Waals surface area contributed by atoms with Crippen molar-refractivity contribution in [1.29, 1.82) is 0 Å². The van der Waals surface area contributed by atoms with Crippen LogP contribution in [0.15, 0.2) is 24.3 Å². The Morgan fingerprint density at radius 1 is 1.29 bits per heavy atom. The zero-order valence-electron chi connectivity index (χ0n) is 12.8. The van der Waals surface area contributed by atoms with E-state index in [9.17, 15) is 4.79 Å². The largest absolute Gasteiger partial charge is 0.465 e. The van der Waals surface area contributed by atoms with Gasteiger partial charge in [0.25, 0.3) is 0 Å². The second-order valence-corrected chi connectivity index (χ2v) is 5.45. The molecule has 1 aromatic carbocycles. The van der Waals surface area contributed by atoms with Gasteiger partial charge in [-0.3, -0.25) is 0 Å². The number of ether oxygens (including phenoxy) is 3. The van der Waals surface area contributed by atoms with Gasteiger partial charge in [0, 0.05) is 25.4 Å². The lowest BCUT2D eigenvalue weighted by molar-refractivity contribution is -0.0613. The minimum atomic E-state index is -0.703. The van der Waals surface area contributed by atoms with Crippen LogP contribution in [0, 0.1) is 0 Å². The monoisotopic (exact) mass is 313 g/mol. The van der Waals surface area contributed by atoms with Gasteiger partial charge in [-0.15, -0.1) is 0 Å². The molecular formula is C14H23NO5Si. The number of amides is 1. The van der Waals surface area contributed by atoms with E-state index >= 15 is 0 Å². The van der Waals surface area contributed by atoms with E-state index in [-0.39, 0.29) is 6.29 Å². The smallest absolute Gasteiger partial charge is 0.412 e. The van der Waals surface area contributed by atoms with Crippen LogP contribution in [0.1, 0.15) is 20.8 Å². The minimum absolute atomic E-state index is 0.351. The molecule has 1 rings (SSSR count). The molecule has 0 aromatic heterocycles. The highest BCUT2D eigenvalue weighted by molar-refractivity contribution is 6.27. The van der Waals surface area contributed by atoms with Crippen LogP contribution in [0.25, 0.3) is 0 Å². The molecule has 1 N–H and O–H groups in total. The maximum absolute atomic E-state index is 11.6. The van der Waals surface area contributed by atoms with E-state index in [4.69, 9.17) is 18.6 Å². The molecule has 0 radical (unpaired) electrons. The van der Waals surface area contributed by atoms with Crippen molar-refractivity contribution in [2.75, 3.05) is 19.4 Å². The summed E-state index contributed by atoms with van der Waals surface area (Å²) < 4.78 is 21.3. The highest BCUT2D eigenvalue weighted by Gasteiger charge is 2.07. The number of carbonyl (C=O) groups is 1. The van der Waals surface area contributed by atoms with E-state index in [1.54, 1.807) is 24.3 Å². The second kappa shape index (κ2) is 10.2. The average molecular weight is 313 g/mol. The summed E-state index contributed by atoms with van der Waals surface area (Å²) in [6.45, 7) is 6.89. The highest BCUT2D eigenvalue weighted by Crippen LogP contribution is 2.20. The van der Waals surface area contributed by atoms with Crippen LogP contribution in [-0.4, -0.2) is 41.5 Å². The fourth-order valence-corrected chi connectivity index (χ4v) is 2.32. The summed E-state index contributed by atoms with van der Waals surface area (Å²) in [7, 11) is -0.703. The van der Waals surface area contributed by atoms with Crippen molar-refractivity contribution in [1.82, 2.24) is 5.32 Å². The molecule has 0 aliphatic carbocycles. The third kappa shape index (κ3) is 7.69. The molecule has 0 aliphatic rings. The molecule has 0 bridgehead atoms. The molecule has 0 heterocycles. The van der Waals surface area contributed by atoms with Gasteiger partial charge >= 0.3 is 6.09 Å². The van der Waals surface area contributed by atoms with Crippen LogP contribution in [0.2, 0.25) is 0 Å². The van der Waals surface area contributed by atoms with Crippen molar-refractivity contribution < 1.29 is 23.4 Å². The van der Waals surface area contributed by atoms with Crippen LogP contribution >= 0.6 is 0 Å². The van der Waals surface area contributed by atoms with Crippen LogP contribution in [0.4, 0.5) is 4.79 Å². The standard InChI is InChI=1S/C14H23NO5Si/c1-4-17-11(3)19-12-7-6-8-13(9-12)20-14(16)15-10-21-18-5-2/h6-9,11H,4-5,10,21H2,1-3H3,(H,15,16). The molecule has 6 nitrogen and oxygen atoms in total. The average Bonchev–Trinajstić information content (AvgIpc) is 2.44. The van der Waals surface area contributed by atoms with Gasteiger partial charge in [-0.05, 0) is 32.9 Å². The minimum Gasteiger partial charge on any atom is -0.465 e. The Morgan fingerprint density at radius 2 is 2.05 bits per heavy atom. The van der Waals surface area contributed by atoms with Crippen molar-refractivity contribution in [3.63, 3.8) is 0 Å². The van der Waals surface area contributed by atoms with Gasteiger partial charge < -0.3 is 24.0 Å². The summed E-state index contributed by atoms with van der Waals surface area (Å²) in [5.41, 5.74) is 0. The van der Waals surface area contributed by atoms with E-state index < -0.39 is 15.9 Å². The highest BCUT2D eigenvalue weighted by atomic mass is 28.2. The van der Waals surface area contributed by atoms with E-state index in [0.29, 0.717) is 30.9 Å². The summed E-state index contributed by atoms with van der Waals surface area (Å²) in [6, 6.07) is 6.88. The first-order valence-electron chi connectivity index (χ1n) is 7.07. The van der Waals surface area contributed by atoms with Crippen LogP contribution in [0.5, 0.6) is 11.5 Å². The molecule has 21 heavy (non-hydrogen) atoms. The second-order valence-electron chi connectivity index (χ2n) is 4.13. The Hall–Kier alpha value is -1.57. The molecule has 1 aromatic rings. The first kappa shape index (κ1) is 17.5. The predicted molar refractivity (Wildman–Crippen MR) is 82.4 cm³/mol. The maximum Gasteiger partial charge on any atom is 0.412 e. The number of nitrogens with one attached hydrogen (secondary N) is 1. The lowest BCUT2D eigenvalue weighted by Gasteiger charge is -2.14. The lowest BCUT2D eigenvalue weighted by Crippen LogP contribution is -2.31. The molecule has 7 heteroatoms. The fourth-order valence-electron chi connectivity index (χ4n) is 1.58. The van der Waals surface area contributed by atoms with Crippen molar-refractivity contribution >= 4 is 15.9 Å². The van der Waals surface area contributed by atoms with Gasteiger partial charge in [0.05, 0.1) is 0 Å². The third-order valence-electron chi connectivity index (χ3n) is 2.44. The number of benzene rings is 1. The van der Waals surface area contributed by atoms with Crippen LogP contribution < -0.4 is 14.8 Å². The number of hydrogen-bond donors (Lipinski definition) is 1. The van der Waals surface area contributed by atoms with Gasteiger partial charge in [0.1, 0.15) is 11.5 Å². The first-order chi connectivity index (χ1) is 10.2. The van der Waals surface area contributed by atoms with Gasteiger partial charge in [-0.25, -0.2) is 4.79 Å². The number of rotatable bonds is 9. The molecule has 0 saturated carbocycles. The zero-order chi connectivity index (χ0) is 15.5. The topological polar surface area (TPSA) is 66.0 Å². The fraction of sp³-hybridized carbons (Fsp3) is 0.500. The predicted octanol–water partition coefficient (Wildman–Crippen LogP) is 1.61. The Balaban J connectivity index is 2.42. The van der Waals surface area contributed by atoms with Gasteiger partial charge in [0.15, 0.2) is 16.1 Å². The molecule has 0 spiro atoms. The van der Waals surface area contributed by atoms with Crippen molar-refractivity contribution in [3.05, 3.63) is 24.3 Å². The Kier molecular flexibility index (Phi) is 8.49. The van der Waals surface area contributed by atoms with Gasteiger partial charge in [-0.1, -0.05) is 6.07 Å². The summed E-state index contributed by atoms with van der Waals surface area (Å²) in [6.07, 6.45) is -0.294. The van der Waals surface area contributed by atoms with Crippen LogP contribution in [-0.2, 0) is 9.16 Å². The van der Waals surface area contributed by atoms with E-state index in [1.807, 2.05) is 20.8 Å². The van der Waals surface area contributed by atoms with Crippen LogP contribution in [0.3, 0.4) is 0 Å². The van der Waals surface area contributed by atoms with E-state index in [2.05, 4.69) is 5.32 Å². The maximum atomic E-state index is 11.6. The van der Waals surface area contributed by atoms with Crippen molar-refractivity contribution in [3.8, 4) is 11.5 Å². The van der Waals surface area contributed by atoms with Crippen molar-refractivity contribution in [2.24, 2.45) is 0 Å². The Morgan fingerprint density at radius 3 is 2.76 bits per heavy atom. The van der Waals surface area contributed by atoms with Gasteiger partial charge in [-0.2, -0.15) is 0 Å². The Bertz CT molecular complexity index is 430. The SMILES string of the molecule is CCO[SiH2]CNC(=O)Oc1cccc(OC(C)OCC)c1.